The summed E-state index contributed by atoms with van der Waals surface area (Å²) < 4.78 is 8.11. The van der Waals surface area contributed by atoms with Crippen LogP contribution in [0.15, 0.2) is 59.3 Å². The molecule has 0 aliphatic heterocycles. The molecule has 1 atom stereocenters. The number of nitrogens with zero attached hydrogens (tertiary/aromatic N) is 6. The Kier molecular flexibility index (Phi) is 3.76. The summed E-state index contributed by atoms with van der Waals surface area (Å²) in [6, 6.07) is 11.9. The molecule has 10 nitrogen and oxygen atoms in total. The number of nitrogen functional groups attached to an aromatic ring is 1. The van der Waals surface area contributed by atoms with Crippen LogP contribution in [0.3, 0.4) is 0 Å². The van der Waals surface area contributed by atoms with Crippen molar-refractivity contribution in [2.45, 2.75) is 12.5 Å². The number of aromatic nitrogens is 6. The molecule has 1 unspecified atom stereocenters. The number of carboxylic acids is 1. The van der Waals surface area contributed by atoms with Crippen molar-refractivity contribution in [3.63, 3.8) is 0 Å². The minimum absolute atomic E-state index is 0.0954. The van der Waals surface area contributed by atoms with Crippen molar-refractivity contribution >= 4 is 28.6 Å². The van der Waals surface area contributed by atoms with Gasteiger partial charge in [-0.1, -0.05) is 30.3 Å². The van der Waals surface area contributed by atoms with Crippen LogP contribution in [-0.2, 0) is 11.2 Å². The quantitative estimate of drug-likeness (QED) is 0.466. The van der Waals surface area contributed by atoms with Crippen LogP contribution in [0.2, 0.25) is 0 Å². The average Bonchev–Trinajstić information content (AvgIpc) is 3.44. The molecule has 0 spiro atoms. The van der Waals surface area contributed by atoms with Gasteiger partial charge in [0.1, 0.15) is 0 Å². The van der Waals surface area contributed by atoms with E-state index in [1.54, 1.807) is 18.3 Å². The topological polar surface area (TPSA) is 137 Å². The molecular formula is C19H15N7O3. The van der Waals surface area contributed by atoms with Crippen LogP contribution in [-0.4, -0.2) is 40.4 Å². The molecule has 3 N–H and O–H groups in total. The lowest BCUT2D eigenvalue weighted by molar-refractivity contribution is -0.141. The van der Waals surface area contributed by atoms with Crippen LogP contribution in [0.1, 0.15) is 11.6 Å². The first-order valence-electron chi connectivity index (χ1n) is 8.82. The monoisotopic (exact) mass is 389 g/mol. The predicted octanol–water partition coefficient (Wildman–Crippen LogP) is 2.18. The van der Waals surface area contributed by atoms with Crippen molar-refractivity contribution in [1.82, 2.24) is 29.4 Å². The van der Waals surface area contributed by atoms with Gasteiger partial charge in [0.25, 0.3) is 0 Å². The number of hydrogen-bond donors (Lipinski definition) is 2. The highest BCUT2D eigenvalue weighted by atomic mass is 16.4. The molecule has 0 amide bonds. The highest BCUT2D eigenvalue weighted by molar-refractivity contribution is 5.90. The number of benzene rings is 1. The van der Waals surface area contributed by atoms with Crippen molar-refractivity contribution in [1.29, 1.82) is 0 Å². The van der Waals surface area contributed by atoms with Gasteiger partial charge < -0.3 is 15.3 Å². The largest absolute Gasteiger partial charge is 0.480 e. The molecule has 0 radical (unpaired) electrons. The molecule has 0 saturated heterocycles. The first-order chi connectivity index (χ1) is 14.1. The first-order valence-corrected chi connectivity index (χ1v) is 8.82. The second-order valence-corrected chi connectivity index (χ2v) is 6.51. The van der Waals surface area contributed by atoms with Gasteiger partial charge in [-0.2, -0.15) is 14.6 Å². The highest BCUT2D eigenvalue weighted by Crippen LogP contribution is 2.25. The maximum absolute atomic E-state index is 11.9. The third-order valence-electron chi connectivity index (χ3n) is 4.62. The Hall–Kier alpha value is -4.21. The van der Waals surface area contributed by atoms with Crippen molar-refractivity contribution in [3.8, 4) is 11.6 Å². The number of carbonyl (C=O) groups is 1. The van der Waals surface area contributed by atoms with Crippen LogP contribution in [0.5, 0.6) is 0 Å². The van der Waals surface area contributed by atoms with Gasteiger partial charge in [0, 0.05) is 12.6 Å². The number of hydrogen-bond acceptors (Lipinski definition) is 7. The summed E-state index contributed by atoms with van der Waals surface area (Å²) in [5, 5.41) is 19.0. The number of nitrogens with two attached hydrogens (primary N) is 1. The number of carboxylic acid groups (broad SMARTS) is 1. The Morgan fingerprint density at radius 3 is 2.69 bits per heavy atom. The van der Waals surface area contributed by atoms with E-state index >= 15 is 0 Å². The van der Waals surface area contributed by atoms with Gasteiger partial charge >= 0.3 is 5.97 Å². The van der Waals surface area contributed by atoms with E-state index in [2.05, 4.69) is 20.2 Å². The lowest BCUT2D eigenvalue weighted by atomic mass is 10.1. The van der Waals surface area contributed by atoms with Crippen molar-refractivity contribution in [3.05, 3.63) is 60.5 Å². The summed E-state index contributed by atoms with van der Waals surface area (Å²) in [6.45, 7) is 0. The molecule has 144 valence electrons. The van der Waals surface area contributed by atoms with Crippen LogP contribution in [0, 0.1) is 0 Å². The molecule has 4 aromatic heterocycles. The van der Waals surface area contributed by atoms with E-state index in [1.165, 1.54) is 15.5 Å². The normalized spacial score (nSPS) is 12.6. The third kappa shape index (κ3) is 2.87. The summed E-state index contributed by atoms with van der Waals surface area (Å²) in [7, 11) is 0. The van der Waals surface area contributed by atoms with Crippen molar-refractivity contribution in [2.75, 3.05) is 5.73 Å². The lowest BCUT2D eigenvalue weighted by Crippen LogP contribution is -2.21. The van der Waals surface area contributed by atoms with Gasteiger partial charge in [0.05, 0.1) is 11.6 Å². The van der Waals surface area contributed by atoms with E-state index in [4.69, 9.17) is 10.2 Å². The Morgan fingerprint density at radius 1 is 1.14 bits per heavy atom. The maximum atomic E-state index is 11.9. The first kappa shape index (κ1) is 16.9. The van der Waals surface area contributed by atoms with E-state index in [0.29, 0.717) is 28.3 Å². The summed E-state index contributed by atoms with van der Waals surface area (Å²) >= 11 is 0. The molecule has 0 aliphatic rings. The molecule has 0 bridgehead atoms. The fourth-order valence-corrected chi connectivity index (χ4v) is 3.23. The van der Waals surface area contributed by atoms with Gasteiger partial charge in [0.2, 0.25) is 11.8 Å². The SMILES string of the molecule is Nc1nc2nn(C(Cc3ccccc3)C(=O)O)cc2c2nc(-c3ccco3)nn12. The zero-order valence-electron chi connectivity index (χ0n) is 15.0. The van der Waals surface area contributed by atoms with Gasteiger partial charge in [-0.25, -0.2) is 9.78 Å². The van der Waals surface area contributed by atoms with Crippen LogP contribution in [0.25, 0.3) is 28.3 Å². The summed E-state index contributed by atoms with van der Waals surface area (Å²) in [4.78, 5) is 20.7. The summed E-state index contributed by atoms with van der Waals surface area (Å²) in [5.74, 6) is -0.0645. The Morgan fingerprint density at radius 2 is 1.97 bits per heavy atom. The number of fused-ring (bicyclic) bond motifs is 3. The van der Waals surface area contributed by atoms with E-state index in [-0.39, 0.29) is 12.4 Å². The number of aliphatic carboxylic acids is 1. The van der Waals surface area contributed by atoms with Gasteiger partial charge in [-0.15, -0.1) is 5.10 Å². The summed E-state index contributed by atoms with van der Waals surface area (Å²) in [5.41, 5.74) is 7.62. The average molecular weight is 389 g/mol. The zero-order valence-corrected chi connectivity index (χ0v) is 15.0. The molecule has 0 aliphatic carbocycles. The smallest absolute Gasteiger partial charge is 0.328 e. The Balaban J connectivity index is 1.63. The highest BCUT2D eigenvalue weighted by Gasteiger charge is 2.24. The predicted molar refractivity (Wildman–Crippen MR) is 103 cm³/mol. The van der Waals surface area contributed by atoms with Crippen LogP contribution in [0.4, 0.5) is 5.95 Å². The minimum Gasteiger partial charge on any atom is -0.480 e. The molecule has 29 heavy (non-hydrogen) atoms. The fraction of sp³-hybridized carbons (Fsp3) is 0.105. The van der Waals surface area contributed by atoms with Crippen molar-refractivity contribution < 1.29 is 14.3 Å². The van der Waals surface area contributed by atoms with E-state index in [0.717, 1.165) is 5.56 Å². The molecule has 5 aromatic rings. The van der Waals surface area contributed by atoms with Crippen LogP contribution >= 0.6 is 0 Å². The van der Waals surface area contributed by atoms with E-state index < -0.39 is 12.0 Å². The van der Waals surface area contributed by atoms with Gasteiger partial charge in [-0.3, -0.25) is 4.68 Å². The van der Waals surface area contributed by atoms with E-state index in [9.17, 15) is 9.90 Å². The zero-order chi connectivity index (χ0) is 20.0. The Bertz CT molecular complexity index is 1320. The lowest BCUT2D eigenvalue weighted by Gasteiger charge is -2.12. The Labute approximate surface area is 163 Å². The second-order valence-electron chi connectivity index (χ2n) is 6.51. The number of furan rings is 1. The van der Waals surface area contributed by atoms with Crippen molar-refractivity contribution in [2.24, 2.45) is 0 Å². The molecule has 0 saturated carbocycles. The van der Waals surface area contributed by atoms with E-state index in [1.807, 2.05) is 30.3 Å². The van der Waals surface area contributed by atoms with Crippen LogP contribution < -0.4 is 5.73 Å². The summed E-state index contributed by atoms with van der Waals surface area (Å²) in [6.07, 6.45) is 3.41. The molecule has 0 fully saturated rings. The standard InChI is InChI=1S/C19H15N7O3/c20-19-22-15-12(17-21-16(24-26(17)19)14-7-4-8-29-14)10-25(23-15)13(18(27)28)9-11-5-2-1-3-6-11/h1-8,10,13H,9H2,(H,27,28)(H2,20,22,23). The van der Waals surface area contributed by atoms with Gasteiger partial charge in [-0.05, 0) is 17.7 Å². The minimum atomic E-state index is -0.997. The molecule has 5 rings (SSSR count). The molecular weight excluding hydrogens is 374 g/mol. The van der Waals surface area contributed by atoms with Gasteiger partial charge in [0.15, 0.2) is 23.1 Å². The molecule has 10 heteroatoms. The third-order valence-corrected chi connectivity index (χ3v) is 4.62. The molecule has 1 aromatic carbocycles. The number of anilines is 1. The second kappa shape index (κ2) is 6.44. The fourth-order valence-electron chi connectivity index (χ4n) is 3.23. The molecule has 4 heterocycles. The maximum Gasteiger partial charge on any atom is 0.328 e. The number of rotatable bonds is 5.